The summed E-state index contributed by atoms with van der Waals surface area (Å²) in [4.78, 5) is 0. The molecule has 0 amide bonds. The normalized spacial score (nSPS) is 13.6. The van der Waals surface area contributed by atoms with Gasteiger partial charge in [-0.2, -0.15) is 0 Å². The monoisotopic (exact) mass is 213 g/mol. The summed E-state index contributed by atoms with van der Waals surface area (Å²) in [7, 11) is 0. The average Bonchev–Trinajstić information content (AvgIpc) is 2.09. The number of hydrogen-bond acceptors (Lipinski definition) is 4. The number of aliphatic hydroxyl groups is 3. The summed E-state index contributed by atoms with van der Waals surface area (Å²) in [5.74, 6) is 0. The first kappa shape index (κ1) is 15.6. The third-order valence-corrected chi connectivity index (χ3v) is 2.33. The fourth-order valence-corrected chi connectivity index (χ4v) is 1.12. The first-order valence-corrected chi connectivity index (χ1v) is 4.25. The van der Waals surface area contributed by atoms with Gasteiger partial charge < -0.3 is 21.1 Å². The second-order valence-electron chi connectivity index (χ2n) is 3.23. The number of aliphatic hydroxyl groups excluding tert-OH is 3. The first-order chi connectivity index (χ1) is 5.66. The van der Waals surface area contributed by atoms with E-state index in [1.807, 2.05) is 6.92 Å². The molecule has 0 bridgehead atoms. The highest BCUT2D eigenvalue weighted by molar-refractivity contribution is 5.85. The lowest BCUT2D eigenvalue weighted by Crippen LogP contribution is -2.49. The summed E-state index contributed by atoms with van der Waals surface area (Å²) in [6, 6.07) is -0.345. The van der Waals surface area contributed by atoms with E-state index in [0.29, 0.717) is 6.42 Å². The van der Waals surface area contributed by atoms with Crippen LogP contribution >= 0.6 is 12.4 Å². The molecule has 0 aliphatic heterocycles. The number of halogens is 1. The molecule has 0 aliphatic carbocycles. The maximum absolute atomic E-state index is 8.97. The van der Waals surface area contributed by atoms with Crippen molar-refractivity contribution in [1.29, 1.82) is 0 Å². The predicted octanol–water partition coefficient (Wildman–Crippen LogP) is -0.501. The molecule has 5 heteroatoms. The molecule has 0 spiro atoms. The van der Waals surface area contributed by atoms with Gasteiger partial charge in [0, 0.05) is 6.04 Å². The van der Waals surface area contributed by atoms with Gasteiger partial charge in [0.1, 0.15) is 0 Å². The molecule has 0 aromatic heterocycles. The predicted molar refractivity (Wildman–Crippen MR) is 53.8 cm³/mol. The Morgan fingerprint density at radius 1 is 1.15 bits per heavy atom. The van der Waals surface area contributed by atoms with Crippen molar-refractivity contribution in [1.82, 2.24) is 0 Å². The molecule has 82 valence electrons. The molecule has 0 aliphatic rings. The summed E-state index contributed by atoms with van der Waals surface area (Å²) < 4.78 is 0. The number of hydrogen-bond donors (Lipinski definition) is 4. The molecule has 1 unspecified atom stereocenters. The second kappa shape index (κ2) is 7.53. The highest BCUT2D eigenvalue weighted by Gasteiger charge is 2.34. The Hall–Kier alpha value is 0.130. The van der Waals surface area contributed by atoms with Crippen molar-refractivity contribution in [2.45, 2.75) is 25.8 Å². The van der Waals surface area contributed by atoms with Gasteiger partial charge in [-0.3, -0.25) is 0 Å². The van der Waals surface area contributed by atoms with Crippen LogP contribution in [0.3, 0.4) is 0 Å². The van der Waals surface area contributed by atoms with E-state index in [1.54, 1.807) is 0 Å². The quantitative estimate of drug-likeness (QED) is 0.479. The summed E-state index contributed by atoms with van der Waals surface area (Å²) in [5, 5.41) is 26.9. The average molecular weight is 214 g/mol. The van der Waals surface area contributed by atoms with Gasteiger partial charge in [-0.05, 0) is 6.42 Å². The van der Waals surface area contributed by atoms with E-state index < -0.39 is 5.41 Å². The Bertz CT molecular complexity index is 112. The molecule has 0 aromatic rings. The zero-order chi connectivity index (χ0) is 9.61. The molecule has 13 heavy (non-hydrogen) atoms. The second-order valence-corrected chi connectivity index (χ2v) is 3.23. The topological polar surface area (TPSA) is 86.7 Å². The van der Waals surface area contributed by atoms with E-state index in [9.17, 15) is 0 Å². The molecule has 0 heterocycles. The molecule has 4 nitrogen and oxygen atoms in total. The third-order valence-electron chi connectivity index (χ3n) is 2.33. The molecule has 0 radical (unpaired) electrons. The van der Waals surface area contributed by atoms with Crippen LogP contribution in [0.1, 0.15) is 19.8 Å². The van der Waals surface area contributed by atoms with Crippen LogP contribution in [0.15, 0.2) is 0 Å². The lowest BCUT2D eigenvalue weighted by molar-refractivity contribution is -0.0150. The number of rotatable bonds is 6. The molecular formula is C8H20ClNO3. The Kier molecular flexibility index (Phi) is 9.03. The van der Waals surface area contributed by atoms with Crippen LogP contribution in [0.5, 0.6) is 0 Å². The minimum absolute atomic E-state index is 0. The zero-order valence-corrected chi connectivity index (χ0v) is 8.76. The largest absolute Gasteiger partial charge is 0.396 e. The highest BCUT2D eigenvalue weighted by Crippen LogP contribution is 2.21. The Morgan fingerprint density at radius 2 is 1.54 bits per heavy atom. The summed E-state index contributed by atoms with van der Waals surface area (Å²) >= 11 is 0. The van der Waals surface area contributed by atoms with Crippen molar-refractivity contribution in [2.75, 3.05) is 19.8 Å². The van der Waals surface area contributed by atoms with Crippen molar-refractivity contribution < 1.29 is 15.3 Å². The van der Waals surface area contributed by atoms with Gasteiger partial charge >= 0.3 is 0 Å². The minimum atomic E-state index is -0.921. The standard InChI is InChI=1S/C8H19NO3.ClH/c1-2-3-7(9)8(4-10,5-11)6-12;/h7,10-12H,2-6,9H2,1H3;1H. The molecule has 5 N–H and O–H groups in total. The van der Waals surface area contributed by atoms with Gasteiger partial charge in [0.05, 0.1) is 25.2 Å². The van der Waals surface area contributed by atoms with E-state index in [2.05, 4.69) is 0 Å². The fraction of sp³-hybridized carbons (Fsp3) is 1.00. The van der Waals surface area contributed by atoms with Gasteiger partial charge in [-0.25, -0.2) is 0 Å². The van der Waals surface area contributed by atoms with Crippen LogP contribution in [0.2, 0.25) is 0 Å². The van der Waals surface area contributed by atoms with E-state index in [-0.39, 0.29) is 38.3 Å². The minimum Gasteiger partial charge on any atom is -0.396 e. The van der Waals surface area contributed by atoms with E-state index in [4.69, 9.17) is 21.1 Å². The highest BCUT2D eigenvalue weighted by atomic mass is 35.5. The summed E-state index contributed by atoms with van der Waals surface area (Å²) in [5.41, 5.74) is 4.79. The lowest BCUT2D eigenvalue weighted by atomic mass is 9.81. The fourth-order valence-electron chi connectivity index (χ4n) is 1.12. The maximum Gasteiger partial charge on any atom is 0.0547 e. The van der Waals surface area contributed by atoms with E-state index in [1.165, 1.54) is 0 Å². The molecule has 0 saturated heterocycles. The molecule has 1 atom stereocenters. The molecule has 0 fully saturated rings. The first-order valence-electron chi connectivity index (χ1n) is 4.25. The van der Waals surface area contributed by atoms with Gasteiger partial charge in [0.25, 0.3) is 0 Å². The van der Waals surface area contributed by atoms with E-state index >= 15 is 0 Å². The molecular weight excluding hydrogens is 194 g/mol. The number of nitrogens with two attached hydrogens (primary N) is 1. The summed E-state index contributed by atoms with van der Waals surface area (Å²) in [6.45, 7) is 1.14. The smallest absolute Gasteiger partial charge is 0.0547 e. The zero-order valence-electron chi connectivity index (χ0n) is 7.94. The summed E-state index contributed by atoms with van der Waals surface area (Å²) in [6.07, 6.45) is 1.57. The Balaban J connectivity index is 0. The van der Waals surface area contributed by atoms with Gasteiger partial charge in [0.15, 0.2) is 0 Å². The van der Waals surface area contributed by atoms with Crippen LogP contribution in [0.25, 0.3) is 0 Å². The van der Waals surface area contributed by atoms with Crippen molar-refractivity contribution in [3.63, 3.8) is 0 Å². The van der Waals surface area contributed by atoms with Crippen molar-refractivity contribution >= 4 is 12.4 Å². The van der Waals surface area contributed by atoms with Gasteiger partial charge in [-0.15, -0.1) is 12.4 Å². The SMILES string of the molecule is CCCC(N)C(CO)(CO)CO.Cl. The van der Waals surface area contributed by atoms with Crippen LogP contribution in [0.4, 0.5) is 0 Å². The van der Waals surface area contributed by atoms with Crippen LogP contribution in [-0.4, -0.2) is 41.2 Å². The molecule has 0 saturated carbocycles. The molecule has 0 rings (SSSR count). The van der Waals surface area contributed by atoms with E-state index in [0.717, 1.165) is 6.42 Å². The van der Waals surface area contributed by atoms with Crippen LogP contribution in [-0.2, 0) is 0 Å². The van der Waals surface area contributed by atoms with Crippen molar-refractivity contribution in [3.05, 3.63) is 0 Å². The van der Waals surface area contributed by atoms with Crippen LogP contribution < -0.4 is 5.73 Å². The van der Waals surface area contributed by atoms with Gasteiger partial charge in [-0.1, -0.05) is 13.3 Å². The maximum atomic E-state index is 8.97. The van der Waals surface area contributed by atoms with Gasteiger partial charge in [0.2, 0.25) is 0 Å². The molecule has 0 aromatic carbocycles. The lowest BCUT2D eigenvalue weighted by Gasteiger charge is -2.33. The third kappa shape index (κ3) is 3.79. The van der Waals surface area contributed by atoms with Crippen molar-refractivity contribution in [2.24, 2.45) is 11.1 Å². The van der Waals surface area contributed by atoms with Crippen LogP contribution in [0, 0.1) is 5.41 Å². The Labute approximate surface area is 85.2 Å². The van der Waals surface area contributed by atoms with Crippen molar-refractivity contribution in [3.8, 4) is 0 Å². The Morgan fingerprint density at radius 3 is 1.77 bits per heavy atom.